The third kappa shape index (κ3) is 4.48. The van der Waals surface area contributed by atoms with E-state index < -0.39 is 5.97 Å². The Morgan fingerprint density at radius 2 is 1.86 bits per heavy atom. The molecular formula is C16H24N2O3. The lowest BCUT2D eigenvalue weighted by Crippen LogP contribution is -2.44. The standard InChI is InChI=1S/C16H24N2O3/c1-11(2)10-17-15(19)12(3)18(4)14-9-7-6-8-13(14)16(20)21-5/h6-9,11-12H,10H2,1-5H3,(H,17,19). The van der Waals surface area contributed by atoms with Gasteiger partial charge in [0.25, 0.3) is 0 Å². The predicted octanol–water partition coefficient (Wildman–Crippen LogP) is 2.07. The monoisotopic (exact) mass is 292 g/mol. The van der Waals surface area contributed by atoms with Crippen LogP contribution in [-0.2, 0) is 9.53 Å². The highest BCUT2D eigenvalue weighted by Crippen LogP contribution is 2.21. The fraction of sp³-hybridized carbons (Fsp3) is 0.500. The first-order chi connectivity index (χ1) is 9.88. The number of hydrogen-bond acceptors (Lipinski definition) is 4. The van der Waals surface area contributed by atoms with Gasteiger partial charge in [-0.25, -0.2) is 4.79 Å². The van der Waals surface area contributed by atoms with Crippen LogP contribution < -0.4 is 10.2 Å². The molecule has 0 aliphatic rings. The molecule has 21 heavy (non-hydrogen) atoms. The van der Waals surface area contributed by atoms with Crippen LogP contribution in [0.25, 0.3) is 0 Å². The largest absolute Gasteiger partial charge is 0.465 e. The van der Waals surface area contributed by atoms with E-state index in [9.17, 15) is 9.59 Å². The van der Waals surface area contributed by atoms with Crippen molar-refractivity contribution in [1.29, 1.82) is 0 Å². The lowest BCUT2D eigenvalue weighted by molar-refractivity contribution is -0.122. The Morgan fingerprint density at radius 1 is 1.24 bits per heavy atom. The first-order valence-electron chi connectivity index (χ1n) is 7.06. The van der Waals surface area contributed by atoms with E-state index in [1.165, 1.54) is 7.11 Å². The molecule has 1 rings (SSSR count). The number of nitrogens with zero attached hydrogens (tertiary/aromatic N) is 1. The number of amides is 1. The summed E-state index contributed by atoms with van der Waals surface area (Å²) >= 11 is 0. The second-order valence-corrected chi connectivity index (χ2v) is 5.43. The van der Waals surface area contributed by atoms with Gasteiger partial charge in [-0.2, -0.15) is 0 Å². The van der Waals surface area contributed by atoms with Crippen LogP contribution in [0.1, 0.15) is 31.1 Å². The average Bonchev–Trinajstić information content (AvgIpc) is 2.50. The van der Waals surface area contributed by atoms with Crippen molar-refractivity contribution in [1.82, 2.24) is 5.32 Å². The summed E-state index contributed by atoms with van der Waals surface area (Å²) in [6.07, 6.45) is 0. The first-order valence-corrected chi connectivity index (χ1v) is 7.06. The molecule has 0 saturated heterocycles. The number of esters is 1. The van der Waals surface area contributed by atoms with Crippen molar-refractivity contribution in [2.45, 2.75) is 26.8 Å². The van der Waals surface area contributed by atoms with Crippen LogP contribution in [0.2, 0.25) is 0 Å². The maximum Gasteiger partial charge on any atom is 0.339 e. The van der Waals surface area contributed by atoms with Crippen LogP contribution in [-0.4, -0.2) is 38.6 Å². The summed E-state index contributed by atoms with van der Waals surface area (Å²) in [5.41, 5.74) is 1.13. The summed E-state index contributed by atoms with van der Waals surface area (Å²) in [5.74, 6) is -0.0769. The van der Waals surface area contributed by atoms with E-state index >= 15 is 0 Å². The molecule has 0 saturated carbocycles. The second-order valence-electron chi connectivity index (χ2n) is 5.43. The van der Waals surface area contributed by atoms with Gasteiger partial charge in [0.05, 0.1) is 18.4 Å². The number of nitrogens with one attached hydrogen (secondary N) is 1. The highest BCUT2D eigenvalue weighted by atomic mass is 16.5. The Labute approximate surface area is 126 Å². The van der Waals surface area contributed by atoms with E-state index in [2.05, 4.69) is 5.32 Å². The number of rotatable bonds is 6. The van der Waals surface area contributed by atoms with E-state index in [4.69, 9.17) is 4.74 Å². The minimum atomic E-state index is -0.410. The van der Waals surface area contributed by atoms with Gasteiger partial charge < -0.3 is 15.0 Å². The van der Waals surface area contributed by atoms with Crippen molar-refractivity contribution in [3.05, 3.63) is 29.8 Å². The highest BCUT2D eigenvalue weighted by molar-refractivity contribution is 5.97. The van der Waals surface area contributed by atoms with Gasteiger partial charge in [0, 0.05) is 13.6 Å². The summed E-state index contributed by atoms with van der Waals surface area (Å²) in [4.78, 5) is 25.7. The van der Waals surface area contributed by atoms with Crippen molar-refractivity contribution < 1.29 is 14.3 Å². The van der Waals surface area contributed by atoms with Gasteiger partial charge in [-0.15, -0.1) is 0 Å². The van der Waals surface area contributed by atoms with Crippen molar-refractivity contribution in [2.24, 2.45) is 5.92 Å². The van der Waals surface area contributed by atoms with Crippen LogP contribution in [0.15, 0.2) is 24.3 Å². The van der Waals surface area contributed by atoms with Gasteiger partial charge in [0.15, 0.2) is 0 Å². The van der Waals surface area contributed by atoms with E-state index in [-0.39, 0.29) is 11.9 Å². The molecule has 0 bridgehead atoms. The molecule has 1 aromatic rings. The van der Waals surface area contributed by atoms with Crippen LogP contribution in [0, 0.1) is 5.92 Å². The number of anilines is 1. The van der Waals surface area contributed by atoms with Gasteiger partial charge in [-0.1, -0.05) is 26.0 Å². The minimum absolute atomic E-state index is 0.0640. The fourth-order valence-electron chi connectivity index (χ4n) is 1.90. The number of hydrogen-bond donors (Lipinski definition) is 1. The van der Waals surface area contributed by atoms with E-state index in [1.807, 2.05) is 26.8 Å². The maximum absolute atomic E-state index is 12.1. The molecule has 1 amide bonds. The summed E-state index contributed by atoms with van der Waals surface area (Å²) in [6, 6.07) is 6.72. The van der Waals surface area contributed by atoms with Gasteiger partial charge in [-0.05, 0) is 25.0 Å². The fourth-order valence-corrected chi connectivity index (χ4v) is 1.90. The molecule has 1 unspecified atom stereocenters. The van der Waals surface area contributed by atoms with Crippen molar-refractivity contribution in [3.8, 4) is 0 Å². The number of benzene rings is 1. The summed E-state index contributed by atoms with van der Waals surface area (Å²) in [7, 11) is 3.14. The van der Waals surface area contributed by atoms with Gasteiger partial charge in [0.2, 0.25) is 5.91 Å². The number of ether oxygens (including phenoxy) is 1. The molecular weight excluding hydrogens is 268 g/mol. The van der Waals surface area contributed by atoms with Crippen molar-refractivity contribution >= 4 is 17.6 Å². The Kier molecular flexibility index (Phi) is 6.21. The predicted molar refractivity (Wildman–Crippen MR) is 83.5 cm³/mol. The topological polar surface area (TPSA) is 58.6 Å². The zero-order valence-corrected chi connectivity index (χ0v) is 13.3. The normalized spacial score (nSPS) is 11.9. The van der Waals surface area contributed by atoms with Gasteiger partial charge in [0.1, 0.15) is 6.04 Å². The Bertz CT molecular complexity index is 500. The van der Waals surface area contributed by atoms with E-state index in [0.717, 1.165) is 0 Å². The third-order valence-corrected chi connectivity index (χ3v) is 3.33. The van der Waals surface area contributed by atoms with Crippen molar-refractivity contribution in [3.63, 3.8) is 0 Å². The van der Waals surface area contributed by atoms with Gasteiger partial charge in [-0.3, -0.25) is 4.79 Å². The van der Waals surface area contributed by atoms with Crippen LogP contribution >= 0.6 is 0 Å². The second kappa shape index (κ2) is 7.67. The molecule has 0 aromatic heterocycles. The molecule has 0 fully saturated rings. The quantitative estimate of drug-likeness (QED) is 0.816. The summed E-state index contributed by atoms with van der Waals surface area (Å²) in [6.45, 7) is 6.53. The molecule has 0 radical (unpaired) electrons. The van der Waals surface area contributed by atoms with Crippen LogP contribution in [0.5, 0.6) is 0 Å². The molecule has 1 atom stereocenters. The Hall–Kier alpha value is -2.04. The third-order valence-electron chi connectivity index (χ3n) is 3.33. The lowest BCUT2D eigenvalue weighted by Gasteiger charge is -2.27. The number of likely N-dealkylation sites (N-methyl/N-ethyl adjacent to an activating group) is 1. The molecule has 0 spiro atoms. The zero-order chi connectivity index (χ0) is 16.0. The Balaban J connectivity index is 2.90. The number of carbonyl (C=O) groups excluding carboxylic acids is 2. The molecule has 1 aromatic carbocycles. The molecule has 0 heterocycles. The minimum Gasteiger partial charge on any atom is -0.465 e. The average molecular weight is 292 g/mol. The number of carbonyl (C=O) groups is 2. The van der Waals surface area contributed by atoms with E-state index in [1.54, 1.807) is 30.1 Å². The molecule has 116 valence electrons. The molecule has 0 aliphatic heterocycles. The number of para-hydroxylation sites is 1. The molecule has 5 nitrogen and oxygen atoms in total. The highest BCUT2D eigenvalue weighted by Gasteiger charge is 2.22. The van der Waals surface area contributed by atoms with Crippen LogP contribution in [0.4, 0.5) is 5.69 Å². The maximum atomic E-state index is 12.1. The summed E-state index contributed by atoms with van der Waals surface area (Å²) in [5, 5.41) is 2.90. The number of methoxy groups -OCH3 is 1. The summed E-state index contributed by atoms with van der Waals surface area (Å²) < 4.78 is 4.78. The smallest absolute Gasteiger partial charge is 0.339 e. The SMILES string of the molecule is COC(=O)c1ccccc1N(C)C(C)C(=O)NCC(C)C. The first kappa shape index (κ1) is 17.0. The molecule has 1 N–H and O–H groups in total. The Morgan fingerprint density at radius 3 is 2.43 bits per heavy atom. The van der Waals surface area contributed by atoms with Gasteiger partial charge >= 0.3 is 5.97 Å². The molecule has 5 heteroatoms. The van der Waals surface area contributed by atoms with E-state index in [0.29, 0.717) is 23.7 Å². The van der Waals surface area contributed by atoms with Crippen LogP contribution in [0.3, 0.4) is 0 Å². The lowest BCUT2D eigenvalue weighted by atomic mass is 10.1. The zero-order valence-electron chi connectivity index (χ0n) is 13.3. The molecule has 0 aliphatic carbocycles. The van der Waals surface area contributed by atoms with Crippen molar-refractivity contribution in [2.75, 3.05) is 25.6 Å².